The average Bonchev–Trinajstić information content (AvgIpc) is 2.48. The van der Waals surface area contributed by atoms with Crippen LogP contribution in [0.25, 0.3) is 22.8 Å². The molecular formula is C17H15N3. The van der Waals surface area contributed by atoms with Crippen molar-refractivity contribution >= 4 is 0 Å². The summed E-state index contributed by atoms with van der Waals surface area (Å²) in [5.74, 6) is 0.652. The van der Waals surface area contributed by atoms with Gasteiger partial charge in [-0.1, -0.05) is 29.8 Å². The van der Waals surface area contributed by atoms with E-state index >= 15 is 0 Å². The van der Waals surface area contributed by atoms with Crippen LogP contribution in [-0.4, -0.2) is 15.0 Å². The zero-order valence-corrected chi connectivity index (χ0v) is 11.5. The second-order valence-electron chi connectivity index (χ2n) is 4.80. The highest BCUT2D eigenvalue weighted by molar-refractivity contribution is 5.66. The lowest BCUT2D eigenvalue weighted by molar-refractivity contribution is 1.14. The van der Waals surface area contributed by atoms with Gasteiger partial charge in [0.25, 0.3) is 0 Å². The second-order valence-corrected chi connectivity index (χ2v) is 4.80. The molecule has 2 heterocycles. The summed E-state index contributed by atoms with van der Waals surface area (Å²) in [6, 6.07) is 14.1. The first kappa shape index (κ1) is 12.5. The van der Waals surface area contributed by atoms with E-state index in [2.05, 4.69) is 47.0 Å². The van der Waals surface area contributed by atoms with Crippen molar-refractivity contribution in [1.82, 2.24) is 15.0 Å². The van der Waals surface area contributed by atoms with Crippen molar-refractivity contribution in [3.05, 3.63) is 66.0 Å². The van der Waals surface area contributed by atoms with Crippen molar-refractivity contribution < 1.29 is 0 Å². The number of nitrogens with zero attached hydrogens (tertiary/aromatic N) is 3. The van der Waals surface area contributed by atoms with Gasteiger partial charge in [-0.05, 0) is 37.6 Å². The quantitative estimate of drug-likeness (QED) is 0.704. The minimum Gasteiger partial charge on any atom is -0.244 e. The van der Waals surface area contributed by atoms with Crippen LogP contribution in [0.15, 0.2) is 54.9 Å². The van der Waals surface area contributed by atoms with Crippen molar-refractivity contribution in [3.8, 4) is 22.8 Å². The van der Waals surface area contributed by atoms with E-state index < -0.39 is 0 Å². The fourth-order valence-corrected chi connectivity index (χ4v) is 2.24. The van der Waals surface area contributed by atoms with Crippen LogP contribution >= 0.6 is 0 Å². The van der Waals surface area contributed by atoms with Crippen molar-refractivity contribution in [2.75, 3.05) is 0 Å². The van der Waals surface area contributed by atoms with E-state index in [9.17, 15) is 0 Å². The molecule has 0 unspecified atom stereocenters. The van der Waals surface area contributed by atoms with E-state index in [1.165, 1.54) is 11.1 Å². The average molecular weight is 261 g/mol. The highest BCUT2D eigenvalue weighted by Crippen LogP contribution is 2.24. The van der Waals surface area contributed by atoms with Crippen LogP contribution in [0.3, 0.4) is 0 Å². The van der Waals surface area contributed by atoms with E-state index in [4.69, 9.17) is 0 Å². The van der Waals surface area contributed by atoms with E-state index in [0.29, 0.717) is 5.82 Å². The normalized spacial score (nSPS) is 10.5. The van der Waals surface area contributed by atoms with Crippen LogP contribution in [0.1, 0.15) is 11.1 Å². The Morgan fingerprint density at radius 1 is 0.800 bits per heavy atom. The number of hydrogen-bond donors (Lipinski definition) is 0. The molecule has 0 saturated carbocycles. The highest BCUT2D eigenvalue weighted by atomic mass is 14.9. The molecule has 3 heteroatoms. The van der Waals surface area contributed by atoms with Crippen LogP contribution in [0.2, 0.25) is 0 Å². The Balaban J connectivity index is 2.08. The Morgan fingerprint density at radius 3 is 2.30 bits per heavy atom. The summed E-state index contributed by atoms with van der Waals surface area (Å²) >= 11 is 0. The van der Waals surface area contributed by atoms with Gasteiger partial charge in [-0.3, -0.25) is 0 Å². The molecule has 20 heavy (non-hydrogen) atoms. The largest absolute Gasteiger partial charge is 0.244 e. The van der Waals surface area contributed by atoms with E-state index in [1.54, 1.807) is 18.5 Å². The monoisotopic (exact) mass is 261 g/mol. The summed E-state index contributed by atoms with van der Waals surface area (Å²) in [5, 5.41) is 0. The highest BCUT2D eigenvalue weighted by Gasteiger charge is 2.07. The zero-order valence-electron chi connectivity index (χ0n) is 11.5. The van der Waals surface area contributed by atoms with Crippen LogP contribution in [0.4, 0.5) is 0 Å². The number of aromatic nitrogens is 3. The number of pyridine rings is 1. The maximum atomic E-state index is 4.68. The fourth-order valence-electron chi connectivity index (χ4n) is 2.24. The molecule has 3 rings (SSSR count). The third-order valence-corrected chi connectivity index (χ3v) is 3.20. The molecule has 0 saturated heterocycles. The molecule has 3 aromatic rings. The number of aryl methyl sites for hydroxylation is 2. The van der Waals surface area contributed by atoms with Crippen molar-refractivity contribution in [2.24, 2.45) is 0 Å². The standard InChI is InChI=1S/C17H15N3/c1-12-7-8-14(13(2)11-12)15-5-3-6-16(20-15)17-18-9-4-10-19-17/h3-11H,1-2H3. The molecule has 3 nitrogen and oxygen atoms in total. The van der Waals surface area contributed by atoms with Gasteiger partial charge in [0.15, 0.2) is 5.82 Å². The van der Waals surface area contributed by atoms with Crippen molar-refractivity contribution in [2.45, 2.75) is 13.8 Å². The Kier molecular flexibility index (Phi) is 3.25. The summed E-state index contributed by atoms with van der Waals surface area (Å²) in [7, 11) is 0. The molecule has 2 aromatic heterocycles. The van der Waals surface area contributed by atoms with Crippen LogP contribution in [0.5, 0.6) is 0 Å². The minimum absolute atomic E-state index is 0.652. The fraction of sp³-hybridized carbons (Fsp3) is 0.118. The summed E-state index contributed by atoms with van der Waals surface area (Å²) in [6.45, 7) is 4.20. The molecule has 0 amide bonds. The lowest BCUT2D eigenvalue weighted by Gasteiger charge is -2.07. The molecule has 98 valence electrons. The topological polar surface area (TPSA) is 38.7 Å². The summed E-state index contributed by atoms with van der Waals surface area (Å²) in [5.41, 5.74) is 5.38. The van der Waals surface area contributed by atoms with Crippen molar-refractivity contribution in [1.29, 1.82) is 0 Å². The van der Waals surface area contributed by atoms with Gasteiger partial charge in [-0.25, -0.2) is 15.0 Å². The molecule has 0 atom stereocenters. The molecule has 0 radical (unpaired) electrons. The number of benzene rings is 1. The van der Waals surface area contributed by atoms with Crippen LogP contribution in [-0.2, 0) is 0 Å². The van der Waals surface area contributed by atoms with Crippen molar-refractivity contribution in [3.63, 3.8) is 0 Å². The Bertz CT molecular complexity index is 736. The first-order valence-electron chi connectivity index (χ1n) is 6.56. The van der Waals surface area contributed by atoms with Gasteiger partial charge < -0.3 is 0 Å². The molecule has 0 aliphatic heterocycles. The van der Waals surface area contributed by atoms with E-state index in [0.717, 1.165) is 17.0 Å². The first-order valence-corrected chi connectivity index (χ1v) is 6.56. The third-order valence-electron chi connectivity index (χ3n) is 3.20. The van der Waals surface area contributed by atoms with Gasteiger partial charge in [0, 0.05) is 18.0 Å². The molecule has 0 aliphatic rings. The molecule has 0 fully saturated rings. The van der Waals surface area contributed by atoms with E-state index in [-0.39, 0.29) is 0 Å². The molecule has 0 N–H and O–H groups in total. The SMILES string of the molecule is Cc1ccc(-c2cccc(-c3ncccn3)n2)c(C)c1. The third kappa shape index (κ3) is 2.43. The van der Waals surface area contributed by atoms with Gasteiger partial charge >= 0.3 is 0 Å². The smallest absolute Gasteiger partial charge is 0.178 e. The molecule has 0 bridgehead atoms. The van der Waals surface area contributed by atoms with Gasteiger partial charge in [0.1, 0.15) is 5.69 Å². The van der Waals surface area contributed by atoms with Gasteiger partial charge in [-0.2, -0.15) is 0 Å². The second kappa shape index (κ2) is 5.21. The first-order chi connectivity index (χ1) is 9.74. The molecular weight excluding hydrogens is 246 g/mol. The summed E-state index contributed by atoms with van der Waals surface area (Å²) in [6.07, 6.45) is 3.46. The Labute approximate surface area is 118 Å². The molecule has 1 aromatic carbocycles. The lowest BCUT2D eigenvalue weighted by Crippen LogP contribution is -1.93. The van der Waals surface area contributed by atoms with E-state index in [1.807, 2.05) is 18.2 Å². The minimum atomic E-state index is 0.652. The van der Waals surface area contributed by atoms with Gasteiger partial charge in [0.2, 0.25) is 0 Å². The summed E-state index contributed by atoms with van der Waals surface area (Å²) in [4.78, 5) is 13.2. The van der Waals surface area contributed by atoms with Gasteiger partial charge in [-0.15, -0.1) is 0 Å². The Morgan fingerprint density at radius 2 is 1.55 bits per heavy atom. The molecule has 0 aliphatic carbocycles. The van der Waals surface area contributed by atoms with Crippen LogP contribution in [0, 0.1) is 13.8 Å². The number of hydrogen-bond acceptors (Lipinski definition) is 3. The Hall–Kier alpha value is -2.55. The van der Waals surface area contributed by atoms with Gasteiger partial charge in [0.05, 0.1) is 5.69 Å². The predicted molar refractivity (Wildman–Crippen MR) is 80.2 cm³/mol. The predicted octanol–water partition coefficient (Wildman–Crippen LogP) is 3.82. The number of rotatable bonds is 2. The summed E-state index contributed by atoms with van der Waals surface area (Å²) < 4.78 is 0. The van der Waals surface area contributed by atoms with Crippen LogP contribution < -0.4 is 0 Å². The zero-order chi connectivity index (χ0) is 13.9. The molecule has 0 spiro atoms. The maximum absolute atomic E-state index is 4.68. The lowest BCUT2D eigenvalue weighted by atomic mass is 10.0. The maximum Gasteiger partial charge on any atom is 0.178 e.